The van der Waals surface area contributed by atoms with E-state index in [1.54, 1.807) is 11.9 Å². The summed E-state index contributed by atoms with van der Waals surface area (Å²) in [7, 11) is 2.94. The second-order valence-corrected chi connectivity index (χ2v) is 9.32. The highest BCUT2D eigenvalue weighted by Crippen LogP contribution is 2.21. The molecule has 0 saturated carbocycles. The van der Waals surface area contributed by atoms with Crippen LogP contribution in [0.15, 0.2) is 85.1 Å². The Bertz CT molecular complexity index is 924. The topological polar surface area (TPSA) is 66.9 Å². The van der Waals surface area contributed by atoms with Crippen LogP contribution in [0, 0.1) is 0 Å². The van der Waals surface area contributed by atoms with Gasteiger partial charge in [0.25, 0.3) is 0 Å². The Balaban J connectivity index is 2.26. The lowest BCUT2D eigenvalue weighted by Crippen LogP contribution is -2.53. The Morgan fingerprint density at radius 1 is 0.769 bits per heavy atom. The molecule has 1 atom stereocenters. The van der Waals surface area contributed by atoms with Crippen molar-refractivity contribution < 1.29 is 19.1 Å². The Labute approximate surface area is 236 Å². The van der Waals surface area contributed by atoms with E-state index in [1.807, 2.05) is 6.08 Å². The van der Waals surface area contributed by atoms with Crippen molar-refractivity contribution in [1.29, 1.82) is 0 Å². The normalized spacial score (nSPS) is 16.8. The molecule has 1 fully saturated rings. The molecule has 1 saturated heterocycles. The number of amides is 2. The molecule has 0 spiro atoms. The van der Waals surface area contributed by atoms with E-state index in [9.17, 15) is 14.4 Å². The van der Waals surface area contributed by atoms with Crippen LogP contribution < -0.4 is 0 Å². The summed E-state index contributed by atoms with van der Waals surface area (Å²) >= 11 is 0. The van der Waals surface area contributed by atoms with Crippen molar-refractivity contribution in [2.75, 3.05) is 20.7 Å². The van der Waals surface area contributed by atoms with E-state index in [4.69, 9.17) is 0 Å². The number of rotatable bonds is 17. The van der Waals surface area contributed by atoms with Crippen LogP contribution in [0.25, 0.3) is 0 Å². The summed E-state index contributed by atoms with van der Waals surface area (Å²) in [5.74, 6) is -0.845. The zero-order chi connectivity index (χ0) is 28.6. The standard InChI is InChI=1S/C33H48N2O4/c1-4-5-6-7-8-9-10-11-12-13-14-15-16-17-18-19-20-21-22-26-32(37)35-29-24-23-25-30(35)34(2)31(36)27-28-33(38)39-3/h5-6,8-9,11-12,14-15,17-18,20-21,27-28,30H,4,7,10,13,16,19,22-26,29H2,1-3H3/b6-5-,9-8-,12-11-,15-14-,18-17-,21-20-,28-27+. The predicted octanol–water partition coefficient (Wildman–Crippen LogP) is 6.99. The number of esters is 1. The van der Waals surface area contributed by atoms with Gasteiger partial charge in [0.2, 0.25) is 11.8 Å². The van der Waals surface area contributed by atoms with E-state index >= 15 is 0 Å². The summed E-state index contributed by atoms with van der Waals surface area (Å²) in [6, 6.07) is 0. The van der Waals surface area contributed by atoms with Crippen LogP contribution in [0.3, 0.4) is 0 Å². The number of methoxy groups -OCH3 is 1. The van der Waals surface area contributed by atoms with E-state index in [2.05, 4.69) is 78.5 Å². The first-order valence-electron chi connectivity index (χ1n) is 14.2. The highest BCUT2D eigenvalue weighted by molar-refractivity contribution is 5.94. The number of carbonyl (C=O) groups excluding carboxylic acids is 3. The van der Waals surface area contributed by atoms with Gasteiger partial charge in [-0.2, -0.15) is 0 Å². The van der Waals surface area contributed by atoms with E-state index in [-0.39, 0.29) is 18.0 Å². The highest BCUT2D eigenvalue weighted by Gasteiger charge is 2.30. The fourth-order valence-electron chi connectivity index (χ4n) is 4.07. The van der Waals surface area contributed by atoms with Gasteiger partial charge in [0.15, 0.2) is 0 Å². The highest BCUT2D eigenvalue weighted by atomic mass is 16.5. The number of hydrogen-bond donors (Lipinski definition) is 0. The van der Waals surface area contributed by atoms with Crippen molar-refractivity contribution in [3.05, 3.63) is 85.1 Å². The number of nitrogens with zero attached hydrogens (tertiary/aromatic N) is 2. The molecule has 1 aliphatic rings. The van der Waals surface area contributed by atoms with Gasteiger partial charge in [0, 0.05) is 32.2 Å². The van der Waals surface area contributed by atoms with Gasteiger partial charge >= 0.3 is 5.97 Å². The van der Waals surface area contributed by atoms with Gasteiger partial charge in [-0.1, -0.05) is 79.8 Å². The maximum Gasteiger partial charge on any atom is 0.330 e. The van der Waals surface area contributed by atoms with Gasteiger partial charge in [-0.05, 0) is 64.2 Å². The molecule has 214 valence electrons. The quantitative estimate of drug-likeness (QED) is 0.114. The minimum atomic E-state index is -0.579. The van der Waals surface area contributed by atoms with Crippen LogP contribution >= 0.6 is 0 Å². The van der Waals surface area contributed by atoms with Crippen molar-refractivity contribution in [3.63, 3.8) is 0 Å². The molecule has 0 aromatic heterocycles. The van der Waals surface area contributed by atoms with Gasteiger partial charge < -0.3 is 14.5 Å². The number of likely N-dealkylation sites (tertiary alicyclic amines) is 1. The Hall–Kier alpha value is -3.41. The van der Waals surface area contributed by atoms with Crippen LogP contribution in [-0.2, 0) is 19.1 Å². The Morgan fingerprint density at radius 2 is 1.28 bits per heavy atom. The lowest BCUT2D eigenvalue weighted by atomic mass is 10.1. The van der Waals surface area contributed by atoms with Crippen LogP contribution in [0.4, 0.5) is 0 Å². The van der Waals surface area contributed by atoms with Gasteiger partial charge in [0.05, 0.1) is 7.11 Å². The smallest absolute Gasteiger partial charge is 0.330 e. The lowest BCUT2D eigenvalue weighted by Gasteiger charge is -2.40. The SMILES string of the molecule is CC/C=C\C/C=C\C/C=C\C/C=C\C/C=C\C/C=C\CCC(=O)N1CCCCC1N(C)C(=O)/C=C/C(=O)OC. The molecular formula is C33H48N2O4. The van der Waals surface area contributed by atoms with Gasteiger partial charge in [0.1, 0.15) is 6.17 Å². The summed E-state index contributed by atoms with van der Waals surface area (Å²) in [5.41, 5.74) is 0. The summed E-state index contributed by atoms with van der Waals surface area (Å²) in [4.78, 5) is 39.9. The van der Waals surface area contributed by atoms with Crippen molar-refractivity contribution in [2.24, 2.45) is 0 Å². The summed E-state index contributed by atoms with van der Waals surface area (Å²) in [6.45, 7) is 2.79. The number of ether oxygens (including phenoxy) is 1. The van der Waals surface area contributed by atoms with E-state index in [0.29, 0.717) is 19.4 Å². The molecule has 0 N–H and O–H groups in total. The summed E-state index contributed by atoms with van der Waals surface area (Å²) < 4.78 is 4.53. The van der Waals surface area contributed by atoms with E-state index in [0.717, 1.165) is 63.9 Å². The number of allylic oxidation sites excluding steroid dienone is 12. The molecule has 1 heterocycles. The number of likely N-dealkylation sites (N-methyl/N-ethyl adjacent to an activating group) is 1. The van der Waals surface area contributed by atoms with Gasteiger partial charge in [-0.3, -0.25) is 9.59 Å². The minimum Gasteiger partial charge on any atom is -0.466 e. The number of hydrogen-bond acceptors (Lipinski definition) is 4. The fraction of sp³-hybridized carbons (Fsp3) is 0.485. The number of carbonyl (C=O) groups is 3. The van der Waals surface area contributed by atoms with E-state index in [1.165, 1.54) is 18.1 Å². The lowest BCUT2D eigenvalue weighted by molar-refractivity contribution is -0.145. The Kier molecular flexibility index (Phi) is 19.4. The minimum absolute atomic E-state index is 0.0517. The summed E-state index contributed by atoms with van der Waals surface area (Å²) in [6.07, 6.45) is 37.5. The maximum absolute atomic E-state index is 12.9. The second-order valence-electron chi connectivity index (χ2n) is 9.32. The zero-order valence-electron chi connectivity index (χ0n) is 24.2. The fourth-order valence-corrected chi connectivity index (χ4v) is 4.07. The molecule has 39 heavy (non-hydrogen) atoms. The van der Waals surface area contributed by atoms with Gasteiger partial charge in [-0.25, -0.2) is 4.79 Å². The molecule has 0 aromatic rings. The molecule has 0 aromatic carbocycles. The maximum atomic E-state index is 12.9. The molecule has 6 nitrogen and oxygen atoms in total. The zero-order valence-corrected chi connectivity index (χ0v) is 24.2. The molecular weight excluding hydrogens is 488 g/mol. The second kappa shape index (κ2) is 22.6. The third-order valence-corrected chi connectivity index (χ3v) is 6.27. The number of piperidine rings is 1. The largest absolute Gasteiger partial charge is 0.466 e. The van der Waals surface area contributed by atoms with Crippen molar-refractivity contribution in [2.45, 2.75) is 83.7 Å². The molecule has 0 radical (unpaired) electrons. The molecule has 1 unspecified atom stereocenters. The van der Waals surface area contributed by atoms with Crippen molar-refractivity contribution >= 4 is 17.8 Å². The van der Waals surface area contributed by atoms with Crippen LogP contribution in [0.2, 0.25) is 0 Å². The first-order valence-corrected chi connectivity index (χ1v) is 14.2. The molecule has 0 bridgehead atoms. The molecule has 1 aliphatic heterocycles. The van der Waals surface area contributed by atoms with Crippen molar-refractivity contribution in [3.8, 4) is 0 Å². The van der Waals surface area contributed by atoms with Crippen LogP contribution in [0.5, 0.6) is 0 Å². The molecule has 6 heteroatoms. The third-order valence-electron chi connectivity index (χ3n) is 6.27. The first-order chi connectivity index (χ1) is 19.0. The van der Waals surface area contributed by atoms with Crippen LogP contribution in [-0.4, -0.2) is 54.5 Å². The monoisotopic (exact) mass is 536 g/mol. The summed E-state index contributed by atoms with van der Waals surface area (Å²) in [5, 5.41) is 0. The average molecular weight is 537 g/mol. The van der Waals surface area contributed by atoms with Crippen LogP contribution in [0.1, 0.15) is 77.6 Å². The average Bonchev–Trinajstić information content (AvgIpc) is 2.96. The molecule has 1 rings (SSSR count). The third kappa shape index (κ3) is 16.2. The molecule has 0 aliphatic carbocycles. The van der Waals surface area contributed by atoms with E-state index < -0.39 is 5.97 Å². The van der Waals surface area contributed by atoms with Crippen molar-refractivity contribution in [1.82, 2.24) is 9.80 Å². The first kappa shape index (κ1) is 33.6. The van der Waals surface area contributed by atoms with Gasteiger partial charge in [-0.15, -0.1) is 0 Å². The Morgan fingerprint density at radius 3 is 1.79 bits per heavy atom. The predicted molar refractivity (Wildman–Crippen MR) is 161 cm³/mol. The molecule has 2 amide bonds.